The molecule has 1 N–H and O–H groups in total. The minimum Gasteiger partial charge on any atom is -0.493 e. The molecule has 2 saturated heterocycles. The van der Waals surface area contributed by atoms with Gasteiger partial charge >= 0.3 is 0 Å². The summed E-state index contributed by atoms with van der Waals surface area (Å²) < 4.78 is 11.2. The minimum absolute atomic E-state index is 0. The van der Waals surface area contributed by atoms with E-state index in [0.29, 0.717) is 5.41 Å². The van der Waals surface area contributed by atoms with Gasteiger partial charge in [-0.05, 0) is 55.5 Å². The van der Waals surface area contributed by atoms with Gasteiger partial charge in [-0.1, -0.05) is 13.0 Å². The summed E-state index contributed by atoms with van der Waals surface area (Å²) in [5.41, 5.74) is 1.85. The molecule has 1 aromatic carbocycles. The van der Waals surface area contributed by atoms with E-state index in [4.69, 9.17) is 9.47 Å². The molecule has 0 aliphatic carbocycles. The number of methoxy groups -OCH3 is 1. The van der Waals surface area contributed by atoms with Gasteiger partial charge in [0.15, 0.2) is 11.5 Å². The molecule has 0 aromatic heterocycles. The van der Waals surface area contributed by atoms with Gasteiger partial charge in [-0.2, -0.15) is 0 Å². The van der Waals surface area contributed by atoms with Crippen molar-refractivity contribution < 1.29 is 9.47 Å². The predicted octanol–water partition coefficient (Wildman–Crippen LogP) is 3.09. The molecule has 0 amide bonds. The first-order valence-corrected chi connectivity index (χ1v) is 8.47. The second-order valence-electron chi connectivity index (χ2n) is 6.72. The van der Waals surface area contributed by atoms with Crippen LogP contribution in [0.1, 0.15) is 31.7 Å². The van der Waals surface area contributed by atoms with Crippen LogP contribution in [0, 0.1) is 5.41 Å². The fourth-order valence-electron chi connectivity index (χ4n) is 3.71. The summed E-state index contributed by atoms with van der Waals surface area (Å²) in [6, 6.07) is 6.34. The van der Waals surface area contributed by atoms with Gasteiger partial charge in [0.1, 0.15) is 0 Å². The van der Waals surface area contributed by atoms with E-state index in [9.17, 15) is 0 Å². The summed E-state index contributed by atoms with van der Waals surface area (Å²) in [4.78, 5) is 2.58. The highest BCUT2D eigenvalue weighted by Crippen LogP contribution is 2.37. The molecule has 2 heterocycles. The number of nitrogens with zero attached hydrogens (tertiary/aromatic N) is 1. The average molecular weight is 341 g/mol. The lowest BCUT2D eigenvalue weighted by Crippen LogP contribution is -2.28. The van der Waals surface area contributed by atoms with Gasteiger partial charge in [0, 0.05) is 19.6 Å². The second kappa shape index (κ2) is 8.22. The number of nitrogens with one attached hydrogen (secondary N) is 1. The Bertz CT molecular complexity index is 504. The van der Waals surface area contributed by atoms with E-state index in [2.05, 4.69) is 29.3 Å². The van der Waals surface area contributed by atoms with Crippen molar-refractivity contribution in [3.05, 3.63) is 23.8 Å². The zero-order valence-corrected chi connectivity index (χ0v) is 15.1. The molecule has 1 aromatic rings. The normalized spacial score (nSPS) is 23.9. The fourth-order valence-corrected chi connectivity index (χ4v) is 3.71. The SMILES string of the molecule is CCCOc1cc(CN2CCC3(CCNC3)C2)ccc1OC.Cl. The Balaban J connectivity index is 0.00000192. The molecule has 2 aliphatic heterocycles. The third-order valence-electron chi connectivity index (χ3n) is 4.95. The van der Waals surface area contributed by atoms with Gasteiger partial charge in [-0.15, -0.1) is 12.4 Å². The Morgan fingerprint density at radius 1 is 1.26 bits per heavy atom. The van der Waals surface area contributed by atoms with Crippen molar-refractivity contribution in [3.8, 4) is 11.5 Å². The third kappa shape index (κ3) is 4.31. The Morgan fingerprint density at radius 2 is 2.13 bits per heavy atom. The van der Waals surface area contributed by atoms with Gasteiger partial charge in [0.25, 0.3) is 0 Å². The molecule has 1 unspecified atom stereocenters. The number of likely N-dealkylation sites (tertiary alicyclic amines) is 1. The molecule has 0 bridgehead atoms. The van der Waals surface area contributed by atoms with E-state index in [1.165, 1.54) is 44.6 Å². The standard InChI is InChI=1S/C18H28N2O2.ClH/c1-3-10-22-17-11-15(4-5-16(17)21-2)12-20-9-7-18(14-20)6-8-19-13-18;/h4-5,11,19H,3,6-10,12-14H2,1-2H3;1H. The summed E-state index contributed by atoms with van der Waals surface area (Å²) in [7, 11) is 1.70. The maximum Gasteiger partial charge on any atom is 0.161 e. The van der Waals surface area contributed by atoms with Crippen molar-refractivity contribution in [1.29, 1.82) is 0 Å². The van der Waals surface area contributed by atoms with Gasteiger partial charge in [-0.25, -0.2) is 0 Å². The first kappa shape index (κ1) is 18.4. The molecular weight excluding hydrogens is 312 g/mol. The molecule has 23 heavy (non-hydrogen) atoms. The molecule has 2 aliphatic rings. The largest absolute Gasteiger partial charge is 0.493 e. The van der Waals surface area contributed by atoms with Gasteiger partial charge < -0.3 is 14.8 Å². The van der Waals surface area contributed by atoms with Crippen LogP contribution in [0.4, 0.5) is 0 Å². The first-order valence-electron chi connectivity index (χ1n) is 8.47. The molecule has 130 valence electrons. The molecular formula is C18H29ClN2O2. The lowest BCUT2D eigenvalue weighted by molar-refractivity contribution is 0.266. The van der Waals surface area contributed by atoms with Crippen LogP contribution in [-0.4, -0.2) is 44.8 Å². The topological polar surface area (TPSA) is 33.7 Å². The Morgan fingerprint density at radius 3 is 2.83 bits per heavy atom. The van der Waals surface area contributed by atoms with Gasteiger partial charge in [0.2, 0.25) is 0 Å². The van der Waals surface area contributed by atoms with Crippen LogP contribution in [0.5, 0.6) is 11.5 Å². The zero-order valence-electron chi connectivity index (χ0n) is 14.3. The summed E-state index contributed by atoms with van der Waals surface area (Å²) >= 11 is 0. The Labute approximate surface area is 145 Å². The number of hydrogen-bond acceptors (Lipinski definition) is 4. The quantitative estimate of drug-likeness (QED) is 0.862. The number of benzene rings is 1. The van der Waals surface area contributed by atoms with Crippen molar-refractivity contribution in [2.75, 3.05) is 39.9 Å². The van der Waals surface area contributed by atoms with Crippen molar-refractivity contribution in [2.24, 2.45) is 5.41 Å². The van der Waals surface area contributed by atoms with Gasteiger partial charge in [0.05, 0.1) is 13.7 Å². The molecule has 5 heteroatoms. The molecule has 1 atom stereocenters. The Hall–Kier alpha value is -0.970. The van der Waals surface area contributed by atoms with E-state index >= 15 is 0 Å². The lowest BCUT2D eigenvalue weighted by Gasteiger charge is -2.23. The Kier molecular flexibility index (Phi) is 6.57. The summed E-state index contributed by atoms with van der Waals surface area (Å²) in [5, 5.41) is 3.52. The molecule has 4 nitrogen and oxygen atoms in total. The fraction of sp³-hybridized carbons (Fsp3) is 0.667. The maximum atomic E-state index is 5.82. The van der Waals surface area contributed by atoms with Crippen LogP contribution in [0.2, 0.25) is 0 Å². The van der Waals surface area contributed by atoms with E-state index < -0.39 is 0 Å². The number of ether oxygens (including phenoxy) is 2. The molecule has 2 fully saturated rings. The smallest absolute Gasteiger partial charge is 0.161 e. The van der Waals surface area contributed by atoms with Crippen LogP contribution >= 0.6 is 12.4 Å². The van der Waals surface area contributed by atoms with Crippen molar-refractivity contribution in [3.63, 3.8) is 0 Å². The molecule has 0 radical (unpaired) electrons. The summed E-state index contributed by atoms with van der Waals surface area (Å²) in [6.45, 7) is 8.67. The predicted molar refractivity (Wildman–Crippen MR) is 95.8 cm³/mol. The number of hydrogen-bond donors (Lipinski definition) is 1. The van der Waals surface area contributed by atoms with Crippen molar-refractivity contribution >= 4 is 12.4 Å². The highest BCUT2D eigenvalue weighted by Gasteiger charge is 2.40. The molecule has 1 spiro atoms. The molecule has 3 rings (SSSR count). The highest BCUT2D eigenvalue weighted by atomic mass is 35.5. The van der Waals surface area contributed by atoms with E-state index in [1.807, 2.05) is 6.07 Å². The van der Waals surface area contributed by atoms with Crippen LogP contribution in [-0.2, 0) is 6.54 Å². The van der Waals surface area contributed by atoms with Crippen LogP contribution < -0.4 is 14.8 Å². The second-order valence-corrected chi connectivity index (χ2v) is 6.72. The zero-order chi connectivity index (χ0) is 15.4. The first-order chi connectivity index (χ1) is 10.7. The van der Waals surface area contributed by atoms with E-state index in [-0.39, 0.29) is 12.4 Å². The highest BCUT2D eigenvalue weighted by molar-refractivity contribution is 5.85. The molecule has 0 saturated carbocycles. The van der Waals surface area contributed by atoms with Crippen molar-refractivity contribution in [1.82, 2.24) is 10.2 Å². The van der Waals surface area contributed by atoms with E-state index in [1.54, 1.807) is 7.11 Å². The van der Waals surface area contributed by atoms with E-state index in [0.717, 1.165) is 31.1 Å². The monoisotopic (exact) mass is 340 g/mol. The summed E-state index contributed by atoms with van der Waals surface area (Å²) in [5.74, 6) is 1.70. The lowest BCUT2D eigenvalue weighted by atomic mass is 9.86. The number of halogens is 1. The van der Waals surface area contributed by atoms with Crippen LogP contribution in [0.15, 0.2) is 18.2 Å². The summed E-state index contributed by atoms with van der Waals surface area (Å²) in [6.07, 6.45) is 3.67. The minimum atomic E-state index is 0. The number of rotatable bonds is 6. The van der Waals surface area contributed by atoms with Crippen LogP contribution in [0.3, 0.4) is 0 Å². The van der Waals surface area contributed by atoms with Crippen LogP contribution in [0.25, 0.3) is 0 Å². The average Bonchev–Trinajstić information content (AvgIpc) is 3.16. The van der Waals surface area contributed by atoms with Gasteiger partial charge in [-0.3, -0.25) is 4.90 Å². The third-order valence-corrected chi connectivity index (χ3v) is 4.95. The maximum absolute atomic E-state index is 5.82. The van der Waals surface area contributed by atoms with Crippen molar-refractivity contribution in [2.45, 2.75) is 32.7 Å².